The summed E-state index contributed by atoms with van der Waals surface area (Å²) in [6, 6.07) is 0. The van der Waals surface area contributed by atoms with E-state index in [0.717, 1.165) is 0 Å². The lowest BCUT2D eigenvalue weighted by molar-refractivity contribution is 0.0688. The summed E-state index contributed by atoms with van der Waals surface area (Å²) in [4.78, 5) is 28.9. The first kappa shape index (κ1) is 12.4. The molecule has 5 nitrogen and oxygen atoms in total. The van der Waals surface area contributed by atoms with E-state index in [4.69, 9.17) is 5.11 Å². The predicted molar refractivity (Wildman–Crippen MR) is 59.7 cm³/mol. The first-order valence-electron chi connectivity index (χ1n) is 5.31. The lowest BCUT2D eigenvalue weighted by Crippen LogP contribution is -2.23. The van der Waals surface area contributed by atoms with Crippen LogP contribution in [0.4, 0.5) is 0 Å². The van der Waals surface area contributed by atoms with Gasteiger partial charge < -0.3 is 10.1 Å². The number of nitrogens with zero attached hydrogens (tertiary/aromatic N) is 1. The highest BCUT2D eigenvalue weighted by Gasteiger charge is 2.15. The minimum Gasteiger partial charge on any atom is -0.477 e. The van der Waals surface area contributed by atoms with Crippen LogP contribution < -0.4 is 5.56 Å². The highest BCUT2D eigenvalue weighted by atomic mass is 16.4. The van der Waals surface area contributed by atoms with Crippen LogP contribution in [0.3, 0.4) is 0 Å². The average Bonchev–Trinajstić information content (AvgIpc) is 2.19. The van der Waals surface area contributed by atoms with Crippen molar-refractivity contribution in [1.82, 2.24) is 9.97 Å². The molecule has 1 aromatic rings. The minimum absolute atomic E-state index is 0.0972. The fraction of sp³-hybridized carbons (Fsp3) is 0.545. The molecule has 1 aromatic heterocycles. The molecular weight excluding hydrogens is 208 g/mol. The molecule has 0 aromatic carbocycles. The van der Waals surface area contributed by atoms with Crippen molar-refractivity contribution in [3.63, 3.8) is 0 Å². The highest BCUT2D eigenvalue weighted by Crippen LogP contribution is 2.06. The molecule has 1 heterocycles. The molecule has 88 valence electrons. The van der Waals surface area contributed by atoms with Gasteiger partial charge in [0.1, 0.15) is 11.4 Å². The third-order valence-electron chi connectivity index (χ3n) is 2.21. The van der Waals surface area contributed by atoms with Crippen molar-refractivity contribution in [2.24, 2.45) is 5.92 Å². The Kier molecular flexibility index (Phi) is 3.82. The molecule has 0 saturated heterocycles. The molecule has 5 heteroatoms. The fourth-order valence-electron chi connectivity index (χ4n) is 1.49. The van der Waals surface area contributed by atoms with Crippen molar-refractivity contribution < 1.29 is 9.90 Å². The van der Waals surface area contributed by atoms with Crippen molar-refractivity contribution in [2.75, 3.05) is 0 Å². The zero-order chi connectivity index (χ0) is 12.3. The Bertz CT molecular complexity index is 449. The first-order valence-corrected chi connectivity index (χ1v) is 5.31. The van der Waals surface area contributed by atoms with E-state index >= 15 is 0 Å². The molecule has 0 bridgehead atoms. The maximum absolute atomic E-state index is 11.6. The zero-order valence-electron chi connectivity index (χ0n) is 9.70. The summed E-state index contributed by atoms with van der Waals surface area (Å²) < 4.78 is 0. The van der Waals surface area contributed by atoms with Gasteiger partial charge in [-0.25, -0.2) is 9.78 Å². The average molecular weight is 224 g/mol. The number of hydrogen-bond acceptors (Lipinski definition) is 3. The predicted octanol–water partition coefficient (Wildman–Crippen LogP) is 1.23. The van der Waals surface area contributed by atoms with E-state index in [2.05, 4.69) is 9.97 Å². The molecule has 0 unspecified atom stereocenters. The van der Waals surface area contributed by atoms with E-state index in [1.54, 1.807) is 0 Å². The molecule has 0 fully saturated rings. The number of aromatic nitrogens is 2. The van der Waals surface area contributed by atoms with Gasteiger partial charge in [-0.05, 0) is 18.8 Å². The Balaban J connectivity index is 3.26. The zero-order valence-corrected chi connectivity index (χ0v) is 9.70. The Morgan fingerprint density at radius 1 is 1.44 bits per heavy atom. The summed E-state index contributed by atoms with van der Waals surface area (Å²) in [6.07, 6.45) is 1.05. The van der Waals surface area contributed by atoms with Crippen LogP contribution in [0.2, 0.25) is 0 Å². The topological polar surface area (TPSA) is 83.0 Å². The van der Waals surface area contributed by atoms with Gasteiger partial charge in [0, 0.05) is 0 Å². The number of aromatic amines is 1. The number of hydrogen-bond donors (Lipinski definition) is 2. The number of aromatic carboxylic acids is 1. The Morgan fingerprint density at radius 3 is 2.50 bits per heavy atom. The largest absolute Gasteiger partial charge is 0.477 e. The standard InChI is InChI=1S/C11H16N2O3/c1-4-7-9(11(15)16)13-10(14)8(12-7)5-6(2)3/h6H,4-5H2,1-3H3,(H,13,14)(H,15,16). The van der Waals surface area contributed by atoms with Crippen molar-refractivity contribution in [3.8, 4) is 0 Å². The number of aryl methyl sites for hydroxylation is 1. The second-order valence-electron chi connectivity index (χ2n) is 4.09. The molecule has 0 aliphatic heterocycles. The SMILES string of the molecule is CCc1nc(CC(C)C)c(=O)[nH]c1C(=O)O. The van der Waals surface area contributed by atoms with Crippen molar-refractivity contribution >= 4 is 5.97 Å². The number of carboxylic acid groups (broad SMARTS) is 1. The molecule has 0 aliphatic rings. The van der Waals surface area contributed by atoms with Gasteiger partial charge in [0.25, 0.3) is 5.56 Å². The lowest BCUT2D eigenvalue weighted by atomic mass is 10.1. The van der Waals surface area contributed by atoms with Crippen molar-refractivity contribution in [1.29, 1.82) is 0 Å². The van der Waals surface area contributed by atoms with Gasteiger partial charge >= 0.3 is 5.97 Å². The summed E-state index contributed by atoms with van der Waals surface area (Å²) in [7, 11) is 0. The van der Waals surface area contributed by atoms with Crippen molar-refractivity contribution in [3.05, 3.63) is 27.4 Å². The quantitative estimate of drug-likeness (QED) is 0.805. The van der Waals surface area contributed by atoms with E-state index in [1.807, 2.05) is 20.8 Å². The Morgan fingerprint density at radius 2 is 2.06 bits per heavy atom. The normalized spacial score (nSPS) is 10.8. The van der Waals surface area contributed by atoms with Crippen LogP contribution in [-0.2, 0) is 12.8 Å². The van der Waals surface area contributed by atoms with E-state index in [9.17, 15) is 9.59 Å². The maximum atomic E-state index is 11.6. The minimum atomic E-state index is -1.14. The smallest absolute Gasteiger partial charge is 0.354 e. The van der Waals surface area contributed by atoms with Gasteiger partial charge in [-0.15, -0.1) is 0 Å². The van der Waals surface area contributed by atoms with Crippen LogP contribution in [0.5, 0.6) is 0 Å². The molecule has 16 heavy (non-hydrogen) atoms. The van der Waals surface area contributed by atoms with Crippen LogP contribution in [0.15, 0.2) is 4.79 Å². The molecular formula is C11H16N2O3. The highest BCUT2D eigenvalue weighted by molar-refractivity contribution is 5.86. The van der Waals surface area contributed by atoms with Crippen LogP contribution >= 0.6 is 0 Å². The number of rotatable bonds is 4. The number of carbonyl (C=O) groups is 1. The Hall–Kier alpha value is -1.65. The number of H-pyrrole nitrogens is 1. The van der Waals surface area contributed by atoms with Gasteiger partial charge in [-0.2, -0.15) is 0 Å². The van der Waals surface area contributed by atoms with Gasteiger partial charge in [-0.3, -0.25) is 4.79 Å². The first-order chi connectivity index (χ1) is 7.45. The molecule has 2 N–H and O–H groups in total. The molecule has 0 saturated carbocycles. The third-order valence-corrected chi connectivity index (χ3v) is 2.21. The van der Waals surface area contributed by atoms with Gasteiger partial charge in [0.2, 0.25) is 0 Å². The van der Waals surface area contributed by atoms with E-state index < -0.39 is 11.5 Å². The lowest BCUT2D eigenvalue weighted by Gasteiger charge is -2.07. The molecule has 0 atom stereocenters. The summed E-state index contributed by atoms with van der Waals surface area (Å²) in [5.41, 5.74) is 0.350. The van der Waals surface area contributed by atoms with Gasteiger partial charge in [-0.1, -0.05) is 20.8 Å². The van der Waals surface area contributed by atoms with Crippen LogP contribution in [-0.4, -0.2) is 21.0 Å². The second kappa shape index (κ2) is 4.92. The fourth-order valence-corrected chi connectivity index (χ4v) is 1.49. The molecule has 0 aliphatic carbocycles. The number of carboxylic acids is 1. The summed E-state index contributed by atoms with van der Waals surface area (Å²) in [6.45, 7) is 5.78. The molecule has 0 spiro atoms. The number of nitrogens with one attached hydrogen (secondary N) is 1. The van der Waals surface area contributed by atoms with Crippen LogP contribution in [0, 0.1) is 5.92 Å². The summed E-state index contributed by atoms with van der Waals surface area (Å²) in [5.74, 6) is -0.827. The monoisotopic (exact) mass is 224 g/mol. The van der Waals surface area contributed by atoms with Crippen LogP contribution in [0.25, 0.3) is 0 Å². The molecule has 0 radical (unpaired) electrons. The molecule has 1 rings (SSSR count). The van der Waals surface area contributed by atoms with Gasteiger partial charge in [0.15, 0.2) is 0 Å². The third kappa shape index (κ3) is 2.68. The second-order valence-corrected chi connectivity index (χ2v) is 4.09. The molecule has 0 amide bonds. The van der Waals surface area contributed by atoms with E-state index in [1.165, 1.54) is 0 Å². The maximum Gasteiger partial charge on any atom is 0.354 e. The summed E-state index contributed by atoms with van der Waals surface area (Å²) in [5, 5.41) is 8.88. The van der Waals surface area contributed by atoms with Crippen molar-refractivity contribution in [2.45, 2.75) is 33.6 Å². The Labute approximate surface area is 93.5 Å². The van der Waals surface area contributed by atoms with E-state index in [-0.39, 0.29) is 5.69 Å². The van der Waals surface area contributed by atoms with Gasteiger partial charge in [0.05, 0.1) is 5.69 Å². The van der Waals surface area contributed by atoms with E-state index in [0.29, 0.717) is 30.1 Å². The van der Waals surface area contributed by atoms with Crippen LogP contribution in [0.1, 0.15) is 42.6 Å². The summed E-state index contributed by atoms with van der Waals surface area (Å²) >= 11 is 0.